The highest BCUT2D eigenvalue weighted by Gasteiger charge is 2.13. The maximum atomic E-state index is 11.6. The lowest BCUT2D eigenvalue weighted by atomic mass is 10.3. The van der Waals surface area contributed by atoms with Crippen LogP contribution in [0.15, 0.2) is 24.5 Å². The number of anilines is 1. The number of amides is 1. The fraction of sp³-hybridized carbons (Fsp3) is 0. The summed E-state index contributed by atoms with van der Waals surface area (Å²) in [7, 11) is 0. The van der Waals surface area contributed by atoms with Crippen LogP contribution in [-0.2, 0) is 0 Å². The number of halogens is 1. The number of hydrogen-bond donors (Lipinski definition) is 2. The quantitative estimate of drug-likeness (QED) is 0.648. The van der Waals surface area contributed by atoms with Crippen LogP contribution in [0.2, 0.25) is 5.02 Å². The van der Waals surface area contributed by atoms with Crippen LogP contribution in [0.3, 0.4) is 0 Å². The third-order valence-corrected chi connectivity index (χ3v) is 2.35. The third-order valence-electron chi connectivity index (χ3n) is 2.04. The Kier molecular flexibility index (Phi) is 3.20. The van der Waals surface area contributed by atoms with Gasteiger partial charge in [0.05, 0.1) is 15.6 Å². The zero-order chi connectivity index (χ0) is 13.1. The fourth-order valence-electron chi connectivity index (χ4n) is 1.22. The van der Waals surface area contributed by atoms with Crippen LogP contribution in [0.25, 0.3) is 0 Å². The van der Waals surface area contributed by atoms with Crippen LogP contribution in [0.1, 0.15) is 10.6 Å². The van der Waals surface area contributed by atoms with Gasteiger partial charge in [-0.3, -0.25) is 20.0 Å². The molecule has 1 aromatic heterocycles. The number of aromatic amines is 1. The SMILES string of the molecule is O=C(Nc1ccc([N+](=O)[O-])cc1Cl)c1ncn[nH]1. The fourth-order valence-corrected chi connectivity index (χ4v) is 1.44. The number of non-ortho nitro benzene ring substituents is 1. The van der Waals surface area contributed by atoms with E-state index in [0.717, 1.165) is 6.07 Å². The van der Waals surface area contributed by atoms with Crippen molar-refractivity contribution >= 4 is 28.9 Å². The molecule has 0 bridgehead atoms. The number of carbonyl (C=O) groups excluding carboxylic acids is 1. The molecule has 8 nitrogen and oxygen atoms in total. The minimum Gasteiger partial charge on any atom is -0.318 e. The minimum atomic E-state index is -0.575. The molecule has 0 unspecified atom stereocenters. The van der Waals surface area contributed by atoms with E-state index in [4.69, 9.17) is 11.6 Å². The van der Waals surface area contributed by atoms with Crippen molar-refractivity contribution in [1.29, 1.82) is 0 Å². The number of carbonyl (C=O) groups is 1. The lowest BCUT2D eigenvalue weighted by Crippen LogP contribution is -2.14. The van der Waals surface area contributed by atoms with E-state index in [0.29, 0.717) is 0 Å². The van der Waals surface area contributed by atoms with E-state index in [1.54, 1.807) is 0 Å². The van der Waals surface area contributed by atoms with Crippen molar-refractivity contribution in [2.24, 2.45) is 0 Å². The normalized spacial score (nSPS) is 10.1. The molecule has 0 radical (unpaired) electrons. The summed E-state index contributed by atoms with van der Waals surface area (Å²) in [5, 5.41) is 18.9. The average molecular weight is 268 g/mol. The van der Waals surface area contributed by atoms with Crippen LogP contribution < -0.4 is 5.32 Å². The highest BCUT2D eigenvalue weighted by Crippen LogP contribution is 2.26. The molecule has 0 spiro atoms. The summed E-state index contributed by atoms with van der Waals surface area (Å²) >= 11 is 5.81. The van der Waals surface area contributed by atoms with Crippen molar-refractivity contribution in [1.82, 2.24) is 15.2 Å². The first-order valence-corrected chi connectivity index (χ1v) is 5.06. The van der Waals surface area contributed by atoms with Crippen molar-refractivity contribution in [3.8, 4) is 0 Å². The van der Waals surface area contributed by atoms with E-state index in [1.165, 1.54) is 18.5 Å². The van der Waals surface area contributed by atoms with Gasteiger partial charge in [0.2, 0.25) is 5.82 Å². The monoisotopic (exact) mass is 267 g/mol. The number of H-pyrrole nitrogens is 1. The van der Waals surface area contributed by atoms with E-state index in [1.807, 2.05) is 0 Å². The summed E-state index contributed by atoms with van der Waals surface area (Å²) in [4.78, 5) is 25.2. The smallest absolute Gasteiger partial charge is 0.293 e. The number of nitrogens with zero attached hydrogens (tertiary/aromatic N) is 3. The van der Waals surface area contributed by atoms with Crippen LogP contribution in [0.5, 0.6) is 0 Å². The Morgan fingerprint density at radius 1 is 1.50 bits per heavy atom. The van der Waals surface area contributed by atoms with Gasteiger partial charge < -0.3 is 5.32 Å². The van der Waals surface area contributed by atoms with Gasteiger partial charge >= 0.3 is 0 Å². The molecule has 1 aromatic carbocycles. The standard InChI is InChI=1S/C9H6ClN5O3/c10-6-3-5(15(17)18)1-2-7(6)13-9(16)8-11-4-12-14-8/h1-4H,(H,13,16)(H,11,12,14). The van der Waals surface area contributed by atoms with Crippen LogP contribution in [-0.4, -0.2) is 26.0 Å². The number of benzene rings is 1. The summed E-state index contributed by atoms with van der Waals surface area (Å²) in [5.41, 5.74) is 0.0985. The van der Waals surface area contributed by atoms with Crippen molar-refractivity contribution in [2.75, 3.05) is 5.32 Å². The Hall–Kier alpha value is -2.48. The van der Waals surface area contributed by atoms with E-state index < -0.39 is 10.8 Å². The summed E-state index contributed by atoms with van der Waals surface area (Å²) in [5.74, 6) is -0.521. The van der Waals surface area contributed by atoms with Gasteiger partial charge in [-0.25, -0.2) is 4.98 Å². The molecule has 0 saturated carbocycles. The van der Waals surface area contributed by atoms with Gasteiger partial charge in [0.15, 0.2) is 0 Å². The predicted molar refractivity (Wildman–Crippen MR) is 62.4 cm³/mol. The maximum absolute atomic E-state index is 11.6. The van der Waals surface area contributed by atoms with Crippen LogP contribution in [0, 0.1) is 10.1 Å². The Morgan fingerprint density at radius 2 is 2.28 bits per heavy atom. The zero-order valence-corrected chi connectivity index (χ0v) is 9.51. The molecule has 0 aliphatic heterocycles. The Labute approximate surface area is 105 Å². The number of nitrogens with one attached hydrogen (secondary N) is 2. The summed E-state index contributed by atoms with van der Waals surface area (Å²) in [6.45, 7) is 0. The van der Waals surface area contributed by atoms with Gasteiger partial charge in [-0.05, 0) is 6.07 Å². The highest BCUT2D eigenvalue weighted by molar-refractivity contribution is 6.34. The second-order valence-electron chi connectivity index (χ2n) is 3.21. The van der Waals surface area contributed by atoms with Crippen molar-refractivity contribution in [3.63, 3.8) is 0 Å². The lowest BCUT2D eigenvalue weighted by molar-refractivity contribution is -0.384. The third kappa shape index (κ3) is 2.43. The molecule has 2 rings (SSSR count). The molecular formula is C9H6ClN5O3. The van der Waals surface area contributed by atoms with Crippen molar-refractivity contribution in [2.45, 2.75) is 0 Å². The molecule has 0 aliphatic rings. The van der Waals surface area contributed by atoms with E-state index in [-0.39, 0.29) is 22.2 Å². The molecule has 1 amide bonds. The van der Waals surface area contributed by atoms with E-state index in [2.05, 4.69) is 20.5 Å². The number of nitro benzene ring substituents is 1. The van der Waals surface area contributed by atoms with Gasteiger partial charge in [0.1, 0.15) is 6.33 Å². The Morgan fingerprint density at radius 3 is 2.83 bits per heavy atom. The average Bonchev–Trinajstić information content (AvgIpc) is 2.85. The first kappa shape index (κ1) is 12.0. The molecule has 1 heterocycles. The maximum Gasteiger partial charge on any atom is 0.293 e. The van der Waals surface area contributed by atoms with Gasteiger partial charge in [-0.1, -0.05) is 11.6 Å². The molecule has 2 aromatic rings. The van der Waals surface area contributed by atoms with Crippen molar-refractivity contribution in [3.05, 3.63) is 45.5 Å². The van der Waals surface area contributed by atoms with Crippen LogP contribution >= 0.6 is 11.6 Å². The minimum absolute atomic E-state index is 0.0180. The van der Waals surface area contributed by atoms with E-state index in [9.17, 15) is 14.9 Å². The number of hydrogen-bond acceptors (Lipinski definition) is 5. The number of aromatic nitrogens is 3. The molecule has 18 heavy (non-hydrogen) atoms. The van der Waals surface area contributed by atoms with Gasteiger partial charge in [-0.15, -0.1) is 0 Å². The van der Waals surface area contributed by atoms with Crippen molar-refractivity contribution < 1.29 is 9.72 Å². The largest absolute Gasteiger partial charge is 0.318 e. The predicted octanol–water partition coefficient (Wildman–Crippen LogP) is 1.62. The van der Waals surface area contributed by atoms with Gasteiger partial charge in [0.25, 0.3) is 11.6 Å². The molecule has 0 aliphatic carbocycles. The summed E-state index contributed by atoms with van der Waals surface area (Å²) < 4.78 is 0. The second-order valence-corrected chi connectivity index (χ2v) is 3.62. The van der Waals surface area contributed by atoms with Gasteiger partial charge in [-0.2, -0.15) is 5.10 Å². The highest BCUT2D eigenvalue weighted by atomic mass is 35.5. The second kappa shape index (κ2) is 4.80. The molecule has 92 valence electrons. The topological polar surface area (TPSA) is 114 Å². The summed E-state index contributed by atoms with van der Waals surface area (Å²) in [6, 6.07) is 3.73. The molecule has 9 heteroatoms. The first-order chi connectivity index (χ1) is 8.58. The van der Waals surface area contributed by atoms with E-state index >= 15 is 0 Å². The van der Waals surface area contributed by atoms with Gasteiger partial charge in [0, 0.05) is 12.1 Å². The molecule has 0 saturated heterocycles. The number of rotatable bonds is 3. The van der Waals surface area contributed by atoms with Crippen LogP contribution in [0.4, 0.5) is 11.4 Å². The Bertz CT molecular complexity index is 598. The molecule has 0 fully saturated rings. The zero-order valence-electron chi connectivity index (χ0n) is 8.75. The molecule has 0 atom stereocenters. The lowest BCUT2D eigenvalue weighted by Gasteiger charge is -2.04. The Balaban J connectivity index is 2.20. The number of nitro groups is 1. The summed E-state index contributed by atoms with van der Waals surface area (Å²) in [6.07, 6.45) is 1.19. The molecular weight excluding hydrogens is 262 g/mol. The molecule has 2 N–H and O–H groups in total. The first-order valence-electron chi connectivity index (χ1n) is 4.68.